The lowest BCUT2D eigenvalue weighted by Crippen LogP contribution is -2.61. The molecule has 0 aliphatic carbocycles. The summed E-state index contributed by atoms with van der Waals surface area (Å²) in [5.74, 6) is -0.383. The van der Waals surface area contributed by atoms with Gasteiger partial charge in [0.25, 0.3) is 0 Å². The maximum Gasteiger partial charge on any atom is 0.306 e. The van der Waals surface area contributed by atoms with E-state index in [0.717, 1.165) is 103 Å². The molecule has 2 rings (SSSR count). The van der Waals surface area contributed by atoms with Crippen LogP contribution in [0.2, 0.25) is 0 Å². The van der Waals surface area contributed by atoms with E-state index in [4.69, 9.17) is 28.4 Å². The Morgan fingerprint density at radius 1 is 0.407 bits per heavy atom. The van der Waals surface area contributed by atoms with Gasteiger partial charge in [-0.3, -0.25) is 4.79 Å². The van der Waals surface area contributed by atoms with E-state index in [9.17, 15) is 40.5 Å². The molecule has 2 saturated heterocycles. The Kier molecular flexibility index (Phi) is 47.9. The van der Waals surface area contributed by atoms with Crippen molar-refractivity contribution in [1.82, 2.24) is 0 Å². The van der Waals surface area contributed by atoms with E-state index >= 15 is 0 Å². The van der Waals surface area contributed by atoms with Crippen LogP contribution in [0.15, 0.2) is 97.2 Å². The number of carbonyl (C=O) groups excluding carboxylic acids is 1. The molecule has 2 aliphatic heterocycles. The third kappa shape index (κ3) is 38.5. The number of hydrogen-bond acceptors (Lipinski definition) is 14. The van der Waals surface area contributed by atoms with Crippen LogP contribution < -0.4 is 0 Å². The Morgan fingerprint density at radius 3 is 1.20 bits per heavy atom. The molecule has 0 spiro atoms. The molecule has 0 aromatic heterocycles. The fraction of sp³-hybridized carbons (Fsp3) is 0.746. The Labute approximate surface area is 490 Å². The van der Waals surface area contributed by atoms with Crippen LogP contribution in [0.1, 0.15) is 219 Å². The molecule has 0 saturated carbocycles. The molecule has 2 fully saturated rings. The fourth-order valence-electron chi connectivity index (χ4n) is 9.56. The van der Waals surface area contributed by atoms with Crippen molar-refractivity contribution < 1.29 is 69.0 Å². The molecular formula is C67H114O14. The van der Waals surface area contributed by atoms with Crippen LogP contribution in [0.5, 0.6) is 0 Å². The van der Waals surface area contributed by atoms with Gasteiger partial charge in [-0.05, 0) is 89.9 Å². The summed E-state index contributed by atoms with van der Waals surface area (Å²) >= 11 is 0. The van der Waals surface area contributed by atoms with Crippen molar-refractivity contribution in [1.29, 1.82) is 0 Å². The van der Waals surface area contributed by atoms with Crippen LogP contribution in [0.25, 0.3) is 0 Å². The Balaban J connectivity index is 1.68. The minimum absolute atomic E-state index is 0.0519. The topological polar surface area (TPSA) is 214 Å². The standard InChI is InChI=1S/C67H114O14/c1-3-5-7-9-11-13-15-17-19-21-23-25-27-28-29-30-32-34-36-38-40-42-44-46-48-50-59(69)79-56(53-76-51-49-47-45-43-41-39-37-35-33-31-26-24-22-20-18-16-14-12-10-8-6-4-2)54-77-66-65(75)63(73)61(71)58(81-66)55-78-67-64(74)62(72)60(70)57(52-68)80-67/h5-8,11-14,17-20,23-26,56-58,60-68,70-75H,3-4,9-10,15-16,21-22,27-55H2,1-2H3/b7-5-,8-6-,13-11-,14-12-,19-17-,20-18-,25-23-,26-24-. The third-order valence-electron chi connectivity index (χ3n) is 14.6. The molecular weight excluding hydrogens is 1030 g/mol. The quantitative estimate of drug-likeness (QED) is 0.0172. The number of aliphatic hydroxyl groups excluding tert-OH is 7. The van der Waals surface area contributed by atoms with Crippen molar-refractivity contribution in [2.45, 2.75) is 287 Å². The highest BCUT2D eigenvalue weighted by molar-refractivity contribution is 5.69. The van der Waals surface area contributed by atoms with Gasteiger partial charge in [-0.25, -0.2) is 0 Å². The molecule has 0 aromatic carbocycles. The first kappa shape index (κ1) is 74.0. The second-order valence-corrected chi connectivity index (χ2v) is 21.8. The van der Waals surface area contributed by atoms with E-state index < -0.39 is 80.7 Å². The van der Waals surface area contributed by atoms with Crippen molar-refractivity contribution in [3.05, 3.63) is 97.2 Å². The van der Waals surface area contributed by atoms with E-state index in [-0.39, 0.29) is 25.6 Å². The molecule has 14 nitrogen and oxygen atoms in total. The number of rotatable bonds is 51. The number of hydrogen-bond donors (Lipinski definition) is 7. The monoisotopic (exact) mass is 1140 g/mol. The molecule has 11 unspecified atom stereocenters. The fourth-order valence-corrected chi connectivity index (χ4v) is 9.56. The Bertz CT molecular complexity index is 1710. The van der Waals surface area contributed by atoms with Crippen molar-refractivity contribution in [2.75, 3.05) is 33.0 Å². The lowest BCUT2D eigenvalue weighted by atomic mass is 9.98. The van der Waals surface area contributed by atoms with Crippen LogP contribution in [-0.4, -0.2) is 142 Å². The summed E-state index contributed by atoms with van der Waals surface area (Å²) in [5, 5.41) is 72.5. The summed E-state index contributed by atoms with van der Waals surface area (Å²) in [6.45, 7) is 3.46. The molecule has 0 radical (unpaired) electrons. The van der Waals surface area contributed by atoms with Crippen molar-refractivity contribution in [2.24, 2.45) is 0 Å². The molecule has 466 valence electrons. The van der Waals surface area contributed by atoms with Crippen molar-refractivity contribution >= 4 is 5.97 Å². The molecule has 0 aromatic rings. The third-order valence-corrected chi connectivity index (χ3v) is 14.6. The van der Waals surface area contributed by atoms with E-state index in [0.29, 0.717) is 13.0 Å². The molecule has 81 heavy (non-hydrogen) atoms. The van der Waals surface area contributed by atoms with Gasteiger partial charge in [-0.15, -0.1) is 0 Å². The Hall–Kier alpha value is -3.09. The lowest BCUT2D eigenvalue weighted by Gasteiger charge is -2.42. The molecule has 0 bridgehead atoms. The minimum atomic E-state index is -1.71. The summed E-state index contributed by atoms with van der Waals surface area (Å²) in [5.41, 5.74) is 0. The summed E-state index contributed by atoms with van der Waals surface area (Å²) in [6.07, 6.45) is 54.6. The van der Waals surface area contributed by atoms with Gasteiger partial charge in [0, 0.05) is 13.0 Å². The van der Waals surface area contributed by atoms with Crippen molar-refractivity contribution in [3.63, 3.8) is 0 Å². The van der Waals surface area contributed by atoms with E-state index in [1.54, 1.807) is 0 Å². The molecule has 7 N–H and O–H groups in total. The highest BCUT2D eigenvalue weighted by Crippen LogP contribution is 2.27. The smallest absolute Gasteiger partial charge is 0.306 e. The number of aliphatic hydroxyl groups is 7. The van der Waals surface area contributed by atoms with E-state index in [1.165, 1.54) is 89.9 Å². The van der Waals surface area contributed by atoms with Crippen molar-refractivity contribution in [3.8, 4) is 0 Å². The number of carbonyl (C=O) groups is 1. The predicted octanol–water partition coefficient (Wildman–Crippen LogP) is 12.5. The average molecular weight is 1140 g/mol. The van der Waals surface area contributed by atoms with Crippen LogP contribution >= 0.6 is 0 Å². The summed E-state index contributed by atoms with van der Waals surface area (Å²) in [4.78, 5) is 13.1. The first-order valence-electron chi connectivity index (χ1n) is 31.8. The first-order valence-corrected chi connectivity index (χ1v) is 31.8. The van der Waals surface area contributed by atoms with Crippen LogP contribution in [-0.2, 0) is 33.2 Å². The zero-order valence-corrected chi connectivity index (χ0v) is 50.2. The minimum Gasteiger partial charge on any atom is -0.457 e. The molecule has 14 heteroatoms. The van der Waals surface area contributed by atoms with Gasteiger partial charge in [-0.1, -0.05) is 220 Å². The highest BCUT2D eigenvalue weighted by Gasteiger charge is 2.47. The number of unbranched alkanes of at least 4 members (excludes halogenated alkanes) is 21. The van der Waals surface area contributed by atoms with Gasteiger partial charge in [0.15, 0.2) is 12.6 Å². The molecule has 11 atom stereocenters. The van der Waals surface area contributed by atoms with Crippen LogP contribution in [0.3, 0.4) is 0 Å². The van der Waals surface area contributed by atoms with E-state index in [1.807, 2.05) is 0 Å². The van der Waals surface area contributed by atoms with E-state index in [2.05, 4.69) is 111 Å². The Morgan fingerprint density at radius 2 is 0.765 bits per heavy atom. The maximum absolute atomic E-state index is 13.1. The zero-order valence-electron chi connectivity index (χ0n) is 50.2. The van der Waals surface area contributed by atoms with Crippen LogP contribution in [0.4, 0.5) is 0 Å². The number of esters is 1. The normalized spacial score (nSPS) is 24.4. The summed E-state index contributed by atoms with van der Waals surface area (Å²) in [6, 6.07) is 0. The van der Waals surface area contributed by atoms with Gasteiger partial charge in [-0.2, -0.15) is 0 Å². The van der Waals surface area contributed by atoms with Gasteiger partial charge in [0.1, 0.15) is 54.9 Å². The highest BCUT2D eigenvalue weighted by atomic mass is 16.7. The van der Waals surface area contributed by atoms with Gasteiger partial charge in [0.2, 0.25) is 0 Å². The van der Waals surface area contributed by atoms with Gasteiger partial charge in [0.05, 0.1) is 26.4 Å². The van der Waals surface area contributed by atoms with Gasteiger partial charge >= 0.3 is 5.97 Å². The molecule has 0 amide bonds. The second-order valence-electron chi connectivity index (χ2n) is 21.8. The average Bonchev–Trinajstić information content (AvgIpc) is 3.46. The second kappa shape index (κ2) is 52.5. The SMILES string of the molecule is CC/C=C\C/C=C\C/C=C\C/C=C\CCCCCCCCCCCCCCC(=O)OC(COCCCCCCCCCCC/C=C\C/C=C\C/C=C\C/C=C\CC)COC1OC(COC2OC(CO)C(O)C(O)C2O)C(O)C(O)C1O. The van der Waals surface area contributed by atoms with Gasteiger partial charge < -0.3 is 64.2 Å². The zero-order chi connectivity index (χ0) is 58.6. The summed E-state index contributed by atoms with van der Waals surface area (Å²) < 4.78 is 34.5. The summed E-state index contributed by atoms with van der Waals surface area (Å²) in [7, 11) is 0. The number of ether oxygens (including phenoxy) is 6. The first-order chi connectivity index (χ1) is 39.6. The van der Waals surface area contributed by atoms with Crippen LogP contribution in [0, 0.1) is 0 Å². The number of allylic oxidation sites excluding steroid dienone is 16. The largest absolute Gasteiger partial charge is 0.457 e. The molecule has 2 heterocycles. The lowest BCUT2D eigenvalue weighted by molar-refractivity contribution is -0.332. The predicted molar refractivity (Wildman–Crippen MR) is 325 cm³/mol. The maximum atomic E-state index is 13.1. The molecule has 2 aliphatic rings.